The lowest BCUT2D eigenvalue weighted by atomic mass is 10.1. The molecular weight excluding hydrogens is 250 g/mol. The summed E-state index contributed by atoms with van der Waals surface area (Å²) in [6.07, 6.45) is 0.0439. The first-order valence-electron chi connectivity index (χ1n) is 5.47. The van der Waals surface area contributed by atoms with Crippen LogP contribution in [0.4, 0.5) is 0 Å². The number of rotatable bonds is 5. The zero-order valence-electron chi connectivity index (χ0n) is 9.83. The Morgan fingerprint density at radius 2 is 2.17 bits per heavy atom. The van der Waals surface area contributed by atoms with Crippen LogP contribution < -0.4 is 0 Å². The molecule has 6 heteroatoms. The van der Waals surface area contributed by atoms with Crippen LogP contribution in [0.2, 0.25) is 0 Å². The molecule has 1 aromatic carbocycles. The van der Waals surface area contributed by atoms with Crippen molar-refractivity contribution in [2.24, 2.45) is 0 Å². The van der Waals surface area contributed by atoms with Gasteiger partial charge >= 0.3 is 5.97 Å². The molecule has 0 spiro atoms. The molecule has 0 radical (unpaired) electrons. The van der Waals surface area contributed by atoms with E-state index in [1.165, 1.54) is 11.8 Å². The first kappa shape index (κ1) is 12.6. The molecule has 0 aliphatic heterocycles. The van der Waals surface area contributed by atoms with Gasteiger partial charge in [0.15, 0.2) is 0 Å². The topological polar surface area (TPSA) is 78.9 Å². The number of aromatic nitrogens is 3. The van der Waals surface area contributed by atoms with Gasteiger partial charge in [-0.25, -0.2) is 4.98 Å². The van der Waals surface area contributed by atoms with Crippen molar-refractivity contribution < 1.29 is 9.90 Å². The number of carboxylic acid groups (broad SMARTS) is 1. The van der Waals surface area contributed by atoms with Crippen molar-refractivity contribution in [3.8, 4) is 0 Å². The lowest BCUT2D eigenvalue weighted by molar-refractivity contribution is -0.137. The number of hydrogen-bond donors (Lipinski definition) is 2. The highest BCUT2D eigenvalue weighted by molar-refractivity contribution is 7.99. The third-order valence-electron chi connectivity index (χ3n) is 2.36. The second kappa shape index (κ2) is 5.68. The Balaban J connectivity index is 2.18. The molecule has 2 N–H and O–H groups in total. The van der Waals surface area contributed by atoms with E-state index >= 15 is 0 Å². The van der Waals surface area contributed by atoms with Crippen molar-refractivity contribution in [2.45, 2.75) is 23.8 Å². The number of nitrogens with zero attached hydrogens (tertiary/aromatic N) is 2. The van der Waals surface area contributed by atoms with Crippen LogP contribution in [0, 0.1) is 6.92 Å². The first-order chi connectivity index (χ1) is 8.65. The lowest BCUT2D eigenvalue weighted by Crippen LogP contribution is -2.03. The summed E-state index contributed by atoms with van der Waals surface area (Å²) in [7, 11) is 0. The van der Waals surface area contributed by atoms with Crippen molar-refractivity contribution in [1.82, 2.24) is 15.2 Å². The summed E-state index contributed by atoms with van der Waals surface area (Å²) in [5.74, 6) is -0.108. The number of aliphatic carboxylic acids is 1. The lowest BCUT2D eigenvalue weighted by Gasteiger charge is -2.12. The molecule has 94 valence electrons. The number of H-pyrrole nitrogens is 1. The van der Waals surface area contributed by atoms with Gasteiger partial charge < -0.3 is 5.11 Å². The van der Waals surface area contributed by atoms with Crippen LogP contribution in [0.3, 0.4) is 0 Å². The van der Waals surface area contributed by atoms with Gasteiger partial charge in [-0.1, -0.05) is 42.1 Å². The third kappa shape index (κ3) is 3.33. The van der Waals surface area contributed by atoms with E-state index in [4.69, 9.17) is 5.11 Å². The van der Waals surface area contributed by atoms with Crippen molar-refractivity contribution in [3.05, 3.63) is 41.7 Å². The fourth-order valence-corrected chi connectivity index (χ4v) is 2.62. The monoisotopic (exact) mass is 263 g/mol. The van der Waals surface area contributed by atoms with Gasteiger partial charge in [0.05, 0.1) is 6.42 Å². The summed E-state index contributed by atoms with van der Waals surface area (Å²) in [5.41, 5.74) is 0.965. The number of nitrogens with one attached hydrogen (secondary N) is 1. The number of carboxylic acids is 1. The SMILES string of the molecule is Cc1nc(SC(CC(=O)O)c2ccccc2)n[nH]1. The van der Waals surface area contributed by atoms with Crippen LogP contribution in [0.1, 0.15) is 23.1 Å². The predicted octanol–water partition coefficient (Wildman–Crippen LogP) is 2.42. The maximum atomic E-state index is 10.9. The molecule has 0 saturated carbocycles. The Labute approximate surface area is 109 Å². The quantitative estimate of drug-likeness (QED) is 0.810. The molecule has 2 rings (SSSR count). The van der Waals surface area contributed by atoms with E-state index < -0.39 is 5.97 Å². The van der Waals surface area contributed by atoms with Crippen LogP contribution in [-0.2, 0) is 4.79 Å². The summed E-state index contributed by atoms with van der Waals surface area (Å²) in [6, 6.07) is 9.53. The molecular formula is C12H13N3O2S. The van der Waals surface area contributed by atoms with E-state index in [0.717, 1.165) is 11.4 Å². The molecule has 1 atom stereocenters. The minimum Gasteiger partial charge on any atom is -0.481 e. The number of carbonyl (C=O) groups is 1. The highest BCUT2D eigenvalue weighted by atomic mass is 32.2. The summed E-state index contributed by atoms with van der Waals surface area (Å²) in [6.45, 7) is 1.81. The molecule has 0 aliphatic rings. The highest BCUT2D eigenvalue weighted by Gasteiger charge is 2.18. The van der Waals surface area contributed by atoms with Crippen LogP contribution in [0.25, 0.3) is 0 Å². The van der Waals surface area contributed by atoms with E-state index in [9.17, 15) is 4.79 Å². The van der Waals surface area contributed by atoms with Crippen LogP contribution >= 0.6 is 11.8 Å². The van der Waals surface area contributed by atoms with Crippen LogP contribution in [-0.4, -0.2) is 26.3 Å². The van der Waals surface area contributed by atoms with Crippen LogP contribution in [0.15, 0.2) is 35.5 Å². The molecule has 2 aromatic rings. The molecule has 18 heavy (non-hydrogen) atoms. The Hall–Kier alpha value is -1.82. The molecule has 5 nitrogen and oxygen atoms in total. The van der Waals surface area contributed by atoms with Gasteiger partial charge in [-0.05, 0) is 12.5 Å². The number of aromatic amines is 1. The second-order valence-electron chi connectivity index (χ2n) is 3.82. The molecule has 1 unspecified atom stereocenters. The largest absolute Gasteiger partial charge is 0.481 e. The van der Waals surface area contributed by atoms with E-state index in [1.807, 2.05) is 37.3 Å². The second-order valence-corrected chi connectivity index (χ2v) is 4.99. The minimum absolute atomic E-state index is 0.0439. The maximum Gasteiger partial charge on any atom is 0.304 e. The van der Waals surface area contributed by atoms with Gasteiger partial charge in [0.25, 0.3) is 0 Å². The van der Waals surface area contributed by atoms with Crippen molar-refractivity contribution in [3.63, 3.8) is 0 Å². The zero-order chi connectivity index (χ0) is 13.0. The van der Waals surface area contributed by atoms with Gasteiger partial charge in [0, 0.05) is 5.25 Å². The smallest absolute Gasteiger partial charge is 0.304 e. The average Bonchev–Trinajstić information content (AvgIpc) is 2.75. The third-order valence-corrected chi connectivity index (χ3v) is 3.47. The van der Waals surface area contributed by atoms with Crippen molar-refractivity contribution >= 4 is 17.7 Å². The number of benzene rings is 1. The van der Waals surface area contributed by atoms with Gasteiger partial charge in [-0.3, -0.25) is 9.89 Å². The molecule has 0 fully saturated rings. The number of thioether (sulfide) groups is 1. The highest BCUT2D eigenvalue weighted by Crippen LogP contribution is 2.35. The van der Waals surface area contributed by atoms with Gasteiger partial charge in [0.2, 0.25) is 5.16 Å². The Kier molecular flexibility index (Phi) is 3.99. The molecule has 1 heterocycles. The van der Waals surface area contributed by atoms with Gasteiger partial charge in [-0.2, -0.15) is 0 Å². The molecule has 0 amide bonds. The Morgan fingerprint density at radius 1 is 1.44 bits per heavy atom. The molecule has 1 aromatic heterocycles. The maximum absolute atomic E-state index is 10.9. The normalized spacial score (nSPS) is 12.3. The van der Waals surface area contributed by atoms with Gasteiger partial charge in [0.1, 0.15) is 5.82 Å². The number of hydrogen-bond acceptors (Lipinski definition) is 4. The molecule has 0 bridgehead atoms. The summed E-state index contributed by atoms with van der Waals surface area (Å²) >= 11 is 1.36. The fraction of sp³-hybridized carbons (Fsp3) is 0.250. The zero-order valence-corrected chi connectivity index (χ0v) is 10.6. The molecule has 0 aliphatic carbocycles. The van der Waals surface area contributed by atoms with E-state index in [-0.39, 0.29) is 11.7 Å². The summed E-state index contributed by atoms with van der Waals surface area (Å²) < 4.78 is 0. The summed E-state index contributed by atoms with van der Waals surface area (Å²) in [4.78, 5) is 15.1. The van der Waals surface area contributed by atoms with Crippen molar-refractivity contribution in [1.29, 1.82) is 0 Å². The van der Waals surface area contributed by atoms with E-state index in [2.05, 4.69) is 15.2 Å². The summed E-state index contributed by atoms with van der Waals surface area (Å²) in [5, 5.41) is 16.1. The van der Waals surface area contributed by atoms with E-state index in [0.29, 0.717) is 5.16 Å². The van der Waals surface area contributed by atoms with Crippen LogP contribution in [0.5, 0.6) is 0 Å². The Bertz CT molecular complexity index is 527. The Morgan fingerprint density at radius 3 is 2.72 bits per heavy atom. The predicted molar refractivity (Wildman–Crippen MR) is 68.4 cm³/mol. The number of aryl methyl sites for hydroxylation is 1. The minimum atomic E-state index is -0.830. The fourth-order valence-electron chi connectivity index (χ4n) is 1.56. The van der Waals surface area contributed by atoms with Crippen molar-refractivity contribution in [2.75, 3.05) is 0 Å². The average molecular weight is 263 g/mol. The standard InChI is InChI=1S/C12H13N3O2S/c1-8-13-12(15-14-8)18-10(7-11(16)17)9-5-3-2-4-6-9/h2-6,10H,7H2,1H3,(H,16,17)(H,13,14,15). The van der Waals surface area contributed by atoms with Gasteiger partial charge in [-0.15, -0.1) is 5.10 Å². The first-order valence-corrected chi connectivity index (χ1v) is 6.35. The van der Waals surface area contributed by atoms with E-state index in [1.54, 1.807) is 0 Å². The molecule has 0 saturated heterocycles.